The molecule has 0 aromatic heterocycles. The molecule has 3 N–H and O–H groups in total. The van der Waals surface area contributed by atoms with E-state index in [-0.39, 0.29) is 6.61 Å². The average Bonchev–Trinajstić information content (AvgIpc) is 2.40. The third-order valence-electron chi connectivity index (χ3n) is 2.83. The van der Waals surface area contributed by atoms with Gasteiger partial charge in [0.1, 0.15) is 12.4 Å². The molecule has 0 aliphatic heterocycles. The van der Waals surface area contributed by atoms with Gasteiger partial charge in [-0.15, -0.1) is 0 Å². The number of nitrogen functional groups attached to an aromatic ring is 1. The molecule has 2 aromatic carbocycles. The van der Waals surface area contributed by atoms with Crippen molar-refractivity contribution in [3.63, 3.8) is 0 Å². The van der Waals surface area contributed by atoms with E-state index in [0.717, 1.165) is 16.9 Å². The summed E-state index contributed by atoms with van der Waals surface area (Å²) in [5.41, 5.74) is 8.48. The Kier molecular flexibility index (Phi) is 4.66. The van der Waals surface area contributed by atoms with E-state index in [9.17, 15) is 0 Å². The molecule has 0 unspecified atom stereocenters. The summed E-state index contributed by atoms with van der Waals surface area (Å²) < 4.78 is 5.66. The Morgan fingerprint density at radius 3 is 2.47 bits per heavy atom. The van der Waals surface area contributed by atoms with E-state index in [0.29, 0.717) is 23.7 Å². The summed E-state index contributed by atoms with van der Waals surface area (Å²) in [5.74, 6) is 0.774. The number of nitrogens with two attached hydrogens (primary N) is 1. The van der Waals surface area contributed by atoms with E-state index in [1.165, 1.54) is 0 Å². The SMILES string of the molecule is Nc1cc(Cl)ccc1COc1ccc(CCO)cc1. The van der Waals surface area contributed by atoms with E-state index in [1.807, 2.05) is 30.3 Å². The van der Waals surface area contributed by atoms with Crippen molar-refractivity contribution in [1.82, 2.24) is 0 Å². The monoisotopic (exact) mass is 277 g/mol. The Hall–Kier alpha value is -1.71. The first kappa shape index (κ1) is 13.7. The summed E-state index contributed by atoms with van der Waals surface area (Å²) in [6.07, 6.45) is 0.657. The molecule has 2 rings (SSSR count). The molecular formula is C15H16ClNO2. The van der Waals surface area contributed by atoms with Crippen LogP contribution < -0.4 is 10.5 Å². The molecule has 0 bridgehead atoms. The van der Waals surface area contributed by atoms with Crippen molar-refractivity contribution in [3.05, 3.63) is 58.6 Å². The fourth-order valence-electron chi connectivity index (χ4n) is 1.74. The first-order chi connectivity index (χ1) is 9.19. The quantitative estimate of drug-likeness (QED) is 0.826. The Bertz CT molecular complexity index is 540. The van der Waals surface area contributed by atoms with Crippen LogP contribution in [0.2, 0.25) is 5.02 Å². The summed E-state index contributed by atoms with van der Waals surface area (Å²) in [4.78, 5) is 0. The van der Waals surface area contributed by atoms with Crippen molar-refractivity contribution >= 4 is 17.3 Å². The highest BCUT2D eigenvalue weighted by Crippen LogP contribution is 2.20. The highest BCUT2D eigenvalue weighted by molar-refractivity contribution is 6.30. The summed E-state index contributed by atoms with van der Waals surface area (Å²) in [5, 5.41) is 9.46. The van der Waals surface area contributed by atoms with Gasteiger partial charge in [0.05, 0.1) is 0 Å². The van der Waals surface area contributed by atoms with E-state index < -0.39 is 0 Å². The molecule has 0 aliphatic carbocycles. The van der Waals surface area contributed by atoms with Crippen molar-refractivity contribution in [2.45, 2.75) is 13.0 Å². The molecule has 4 heteroatoms. The van der Waals surface area contributed by atoms with Gasteiger partial charge in [-0.2, -0.15) is 0 Å². The predicted octanol–water partition coefficient (Wildman–Crippen LogP) is 3.04. The zero-order valence-corrected chi connectivity index (χ0v) is 11.2. The molecule has 0 fully saturated rings. The van der Waals surface area contributed by atoms with Crippen molar-refractivity contribution in [3.8, 4) is 5.75 Å². The van der Waals surface area contributed by atoms with Crippen LogP contribution in [0, 0.1) is 0 Å². The number of hydrogen-bond acceptors (Lipinski definition) is 3. The summed E-state index contributed by atoms with van der Waals surface area (Å²) >= 11 is 5.84. The molecule has 100 valence electrons. The smallest absolute Gasteiger partial charge is 0.119 e. The molecular weight excluding hydrogens is 262 g/mol. The third-order valence-corrected chi connectivity index (χ3v) is 3.06. The van der Waals surface area contributed by atoms with Gasteiger partial charge in [0.2, 0.25) is 0 Å². The maximum absolute atomic E-state index is 8.84. The number of hydrogen-bond donors (Lipinski definition) is 2. The van der Waals surface area contributed by atoms with Crippen LogP contribution in [-0.4, -0.2) is 11.7 Å². The number of rotatable bonds is 5. The highest BCUT2D eigenvalue weighted by Gasteiger charge is 2.02. The topological polar surface area (TPSA) is 55.5 Å². The lowest BCUT2D eigenvalue weighted by Gasteiger charge is -2.09. The highest BCUT2D eigenvalue weighted by atomic mass is 35.5. The van der Waals surface area contributed by atoms with Gasteiger partial charge in [-0.1, -0.05) is 29.8 Å². The van der Waals surface area contributed by atoms with Gasteiger partial charge in [0.25, 0.3) is 0 Å². The number of benzene rings is 2. The second kappa shape index (κ2) is 6.45. The Labute approximate surface area is 117 Å². The van der Waals surface area contributed by atoms with Gasteiger partial charge >= 0.3 is 0 Å². The molecule has 0 spiro atoms. The zero-order chi connectivity index (χ0) is 13.7. The fraction of sp³-hybridized carbons (Fsp3) is 0.200. The van der Waals surface area contributed by atoms with Crippen LogP contribution in [-0.2, 0) is 13.0 Å². The zero-order valence-electron chi connectivity index (χ0n) is 10.5. The predicted molar refractivity (Wildman–Crippen MR) is 77.4 cm³/mol. The van der Waals surface area contributed by atoms with Crippen LogP contribution in [0.1, 0.15) is 11.1 Å². The molecule has 19 heavy (non-hydrogen) atoms. The standard InChI is InChI=1S/C15H16ClNO2/c16-13-4-3-12(15(17)9-13)10-19-14-5-1-11(2-6-14)7-8-18/h1-6,9,18H,7-8,10,17H2. The largest absolute Gasteiger partial charge is 0.489 e. The van der Waals surface area contributed by atoms with Crippen molar-refractivity contribution < 1.29 is 9.84 Å². The first-order valence-corrected chi connectivity index (χ1v) is 6.43. The summed E-state index contributed by atoms with van der Waals surface area (Å²) in [6, 6.07) is 13.0. The van der Waals surface area contributed by atoms with Crippen LogP contribution in [0.3, 0.4) is 0 Å². The van der Waals surface area contributed by atoms with Gasteiger partial charge in [0, 0.05) is 22.9 Å². The number of anilines is 1. The van der Waals surface area contributed by atoms with Crippen molar-refractivity contribution in [1.29, 1.82) is 0 Å². The van der Waals surface area contributed by atoms with Crippen molar-refractivity contribution in [2.24, 2.45) is 0 Å². The maximum Gasteiger partial charge on any atom is 0.119 e. The van der Waals surface area contributed by atoms with Gasteiger partial charge < -0.3 is 15.6 Å². The third kappa shape index (κ3) is 3.88. The molecule has 2 aromatic rings. The lowest BCUT2D eigenvalue weighted by atomic mass is 10.1. The second-order valence-electron chi connectivity index (χ2n) is 4.25. The number of aliphatic hydroxyl groups excluding tert-OH is 1. The Balaban J connectivity index is 1.98. The summed E-state index contributed by atoms with van der Waals surface area (Å²) in [7, 11) is 0. The van der Waals surface area contributed by atoms with E-state index >= 15 is 0 Å². The molecule has 0 aliphatic rings. The summed E-state index contributed by atoms with van der Waals surface area (Å²) in [6.45, 7) is 0.559. The second-order valence-corrected chi connectivity index (χ2v) is 4.69. The van der Waals surface area contributed by atoms with Gasteiger partial charge in [-0.05, 0) is 36.2 Å². The lowest BCUT2D eigenvalue weighted by molar-refractivity contribution is 0.298. The number of ether oxygens (including phenoxy) is 1. The van der Waals surface area contributed by atoms with Crippen LogP contribution >= 0.6 is 11.6 Å². The van der Waals surface area contributed by atoms with Crippen LogP contribution in [0.5, 0.6) is 5.75 Å². The molecule has 0 heterocycles. The molecule has 0 saturated heterocycles. The number of halogens is 1. The normalized spacial score (nSPS) is 10.4. The molecule has 0 radical (unpaired) electrons. The Morgan fingerprint density at radius 1 is 1.11 bits per heavy atom. The molecule has 0 atom stereocenters. The maximum atomic E-state index is 8.84. The van der Waals surface area contributed by atoms with E-state index in [1.54, 1.807) is 12.1 Å². The van der Waals surface area contributed by atoms with Gasteiger partial charge in [0.15, 0.2) is 0 Å². The lowest BCUT2D eigenvalue weighted by Crippen LogP contribution is -2.00. The van der Waals surface area contributed by atoms with E-state index in [2.05, 4.69) is 0 Å². The van der Waals surface area contributed by atoms with Crippen LogP contribution in [0.25, 0.3) is 0 Å². The van der Waals surface area contributed by atoms with Crippen LogP contribution in [0.4, 0.5) is 5.69 Å². The minimum absolute atomic E-state index is 0.154. The number of aliphatic hydroxyl groups is 1. The molecule has 0 saturated carbocycles. The van der Waals surface area contributed by atoms with Gasteiger partial charge in [-0.25, -0.2) is 0 Å². The minimum Gasteiger partial charge on any atom is -0.489 e. The minimum atomic E-state index is 0.154. The van der Waals surface area contributed by atoms with Crippen LogP contribution in [0.15, 0.2) is 42.5 Å². The Morgan fingerprint density at radius 2 is 1.84 bits per heavy atom. The fourth-order valence-corrected chi connectivity index (χ4v) is 1.92. The van der Waals surface area contributed by atoms with E-state index in [4.69, 9.17) is 27.2 Å². The molecule has 3 nitrogen and oxygen atoms in total. The van der Waals surface area contributed by atoms with Gasteiger partial charge in [-0.3, -0.25) is 0 Å². The molecule has 0 amide bonds. The van der Waals surface area contributed by atoms with Crippen molar-refractivity contribution in [2.75, 3.05) is 12.3 Å². The average molecular weight is 278 g/mol. The first-order valence-electron chi connectivity index (χ1n) is 6.05.